The quantitative estimate of drug-likeness (QED) is 0.594. The number of nitrogens with zero attached hydrogens (tertiary/aromatic N) is 2. The monoisotopic (exact) mass is 541 g/mol. The lowest BCUT2D eigenvalue weighted by Crippen LogP contribution is -2.48. The van der Waals surface area contributed by atoms with Gasteiger partial charge in [0.15, 0.2) is 0 Å². The first-order chi connectivity index (χ1) is 18.3. The van der Waals surface area contributed by atoms with Gasteiger partial charge in [0.05, 0.1) is 6.04 Å². The van der Waals surface area contributed by atoms with Crippen molar-refractivity contribution in [1.29, 1.82) is 0 Å². The van der Waals surface area contributed by atoms with E-state index in [1.807, 2.05) is 48.2 Å². The fourth-order valence-electron chi connectivity index (χ4n) is 5.69. The molecule has 38 heavy (non-hydrogen) atoms. The fourth-order valence-corrected chi connectivity index (χ4v) is 5.81. The van der Waals surface area contributed by atoms with Crippen LogP contribution in [0.2, 0.25) is 5.02 Å². The molecule has 9 heteroatoms. The molecule has 0 aromatic heterocycles. The number of ether oxygens (including phenoxy) is 1. The normalized spacial score (nSPS) is 25.6. The second-order valence-corrected chi connectivity index (χ2v) is 11.2. The number of carbonyl (C=O) groups excluding carboxylic acids is 3. The number of likely N-dealkylation sites (tertiary alicyclic amines) is 2. The van der Waals surface area contributed by atoms with Crippen molar-refractivity contribution in [3.8, 4) is 5.75 Å². The zero-order valence-corrected chi connectivity index (χ0v) is 22.2. The maximum Gasteiger partial charge on any atom is 0.412 e. The van der Waals surface area contributed by atoms with Crippen LogP contribution in [0.3, 0.4) is 0 Å². The Hall–Kier alpha value is -3.13. The highest BCUT2D eigenvalue weighted by atomic mass is 35.5. The Bertz CT molecular complexity index is 1160. The van der Waals surface area contributed by atoms with Gasteiger partial charge in [-0.1, -0.05) is 41.4 Å². The summed E-state index contributed by atoms with van der Waals surface area (Å²) in [5.74, 6) is 0.00819. The van der Waals surface area contributed by atoms with Crippen LogP contribution in [0.25, 0.3) is 0 Å². The topological polar surface area (TPSA) is 79.0 Å². The average Bonchev–Trinajstić information content (AvgIpc) is 3.31. The van der Waals surface area contributed by atoms with E-state index in [4.69, 9.17) is 16.3 Å². The molecule has 3 amide bonds. The minimum Gasteiger partial charge on any atom is -0.410 e. The van der Waals surface area contributed by atoms with Crippen LogP contribution >= 0.6 is 11.6 Å². The summed E-state index contributed by atoms with van der Waals surface area (Å²) in [5, 5.41) is 3.59. The van der Waals surface area contributed by atoms with Crippen molar-refractivity contribution in [2.45, 2.75) is 50.7 Å². The Morgan fingerprint density at radius 2 is 1.53 bits per heavy atom. The molecule has 1 saturated carbocycles. The molecular weight excluding hydrogens is 509 g/mol. The van der Waals surface area contributed by atoms with Crippen molar-refractivity contribution in [2.75, 3.05) is 26.2 Å². The zero-order valence-electron chi connectivity index (χ0n) is 21.4. The summed E-state index contributed by atoms with van der Waals surface area (Å²) in [5.41, 5.74) is 2.05. The van der Waals surface area contributed by atoms with Gasteiger partial charge < -0.3 is 19.9 Å². The Labute approximate surface area is 227 Å². The summed E-state index contributed by atoms with van der Waals surface area (Å²) in [6.07, 6.45) is 0.391. The summed E-state index contributed by atoms with van der Waals surface area (Å²) >= 11 is 6.09. The lowest BCUT2D eigenvalue weighted by Gasteiger charge is -2.38. The third kappa shape index (κ3) is 5.96. The first kappa shape index (κ1) is 26.5. The average molecular weight is 542 g/mol. The van der Waals surface area contributed by atoms with Crippen molar-refractivity contribution in [2.24, 2.45) is 11.8 Å². The number of aryl methyl sites for hydroxylation is 1. The molecule has 7 nitrogen and oxygen atoms in total. The van der Waals surface area contributed by atoms with E-state index >= 15 is 0 Å². The highest BCUT2D eigenvalue weighted by Crippen LogP contribution is 2.34. The standard InChI is InChI=1S/C29H33ClFN3O4/c1-18-2-8-24(9-3-18)38-29(37)32-26-17-34(16-25(26)19-4-6-22(30)7-5-19)27(35)20-10-12-33(13-11-20)28(36)21-14-23(31)15-21/h2-9,20-21,23,25-26H,10-17H2,1H3,(H,32,37)/t21?,23?,25?,26-/m1/s1. The molecule has 2 saturated heterocycles. The van der Waals surface area contributed by atoms with E-state index in [1.54, 1.807) is 17.0 Å². The Morgan fingerprint density at radius 1 is 0.895 bits per heavy atom. The smallest absolute Gasteiger partial charge is 0.410 e. The number of benzene rings is 2. The van der Waals surface area contributed by atoms with Crippen LogP contribution < -0.4 is 10.1 Å². The fraction of sp³-hybridized carbons (Fsp3) is 0.483. The van der Waals surface area contributed by atoms with Gasteiger partial charge >= 0.3 is 6.09 Å². The number of nitrogens with one attached hydrogen (secondary N) is 1. The maximum absolute atomic E-state index is 13.5. The van der Waals surface area contributed by atoms with E-state index in [2.05, 4.69) is 5.32 Å². The van der Waals surface area contributed by atoms with Crippen molar-refractivity contribution in [3.05, 3.63) is 64.7 Å². The second kappa shape index (κ2) is 11.3. The van der Waals surface area contributed by atoms with Crippen molar-refractivity contribution < 1.29 is 23.5 Å². The van der Waals surface area contributed by atoms with Crippen LogP contribution in [-0.4, -0.2) is 66.1 Å². The van der Waals surface area contributed by atoms with Gasteiger partial charge in [0.25, 0.3) is 0 Å². The second-order valence-electron chi connectivity index (χ2n) is 10.7. The molecule has 1 N–H and O–H groups in total. The molecule has 3 aliphatic rings. The highest BCUT2D eigenvalue weighted by Gasteiger charge is 2.42. The van der Waals surface area contributed by atoms with E-state index < -0.39 is 12.3 Å². The highest BCUT2D eigenvalue weighted by molar-refractivity contribution is 6.30. The van der Waals surface area contributed by atoms with E-state index in [9.17, 15) is 18.8 Å². The molecule has 0 bridgehead atoms. The third-order valence-electron chi connectivity index (χ3n) is 8.05. The van der Waals surface area contributed by atoms with Crippen LogP contribution in [0, 0.1) is 18.8 Å². The summed E-state index contributed by atoms with van der Waals surface area (Å²) in [4.78, 5) is 42.4. The molecule has 0 radical (unpaired) electrons. The van der Waals surface area contributed by atoms with Crippen LogP contribution in [0.5, 0.6) is 5.75 Å². The number of rotatable bonds is 5. The zero-order chi connectivity index (χ0) is 26.8. The molecule has 202 valence electrons. The van der Waals surface area contributed by atoms with Crippen molar-refractivity contribution in [1.82, 2.24) is 15.1 Å². The van der Waals surface area contributed by atoms with Crippen LogP contribution in [-0.2, 0) is 9.59 Å². The molecule has 3 fully saturated rings. The Morgan fingerprint density at radius 3 is 2.16 bits per heavy atom. The summed E-state index contributed by atoms with van der Waals surface area (Å²) in [7, 11) is 0. The largest absolute Gasteiger partial charge is 0.412 e. The van der Waals surface area contributed by atoms with Gasteiger partial charge in [0.2, 0.25) is 11.8 Å². The minimum absolute atomic E-state index is 0.0186. The molecular formula is C29H33ClFN3O4. The van der Waals surface area contributed by atoms with Gasteiger partial charge in [0, 0.05) is 49.0 Å². The lowest BCUT2D eigenvalue weighted by molar-refractivity contribution is -0.145. The van der Waals surface area contributed by atoms with E-state index in [-0.39, 0.29) is 35.6 Å². The molecule has 2 aromatic carbocycles. The van der Waals surface area contributed by atoms with Gasteiger partial charge in [-0.3, -0.25) is 9.59 Å². The van der Waals surface area contributed by atoms with Gasteiger partial charge in [0.1, 0.15) is 11.9 Å². The van der Waals surface area contributed by atoms with Gasteiger partial charge in [-0.25, -0.2) is 9.18 Å². The molecule has 5 rings (SSSR count). The van der Waals surface area contributed by atoms with Gasteiger partial charge in [-0.2, -0.15) is 0 Å². The summed E-state index contributed by atoms with van der Waals surface area (Å²) in [6.45, 7) is 3.83. The molecule has 1 aliphatic carbocycles. The van der Waals surface area contributed by atoms with Gasteiger partial charge in [-0.05, 0) is 62.4 Å². The summed E-state index contributed by atoms with van der Waals surface area (Å²) < 4.78 is 18.7. The summed E-state index contributed by atoms with van der Waals surface area (Å²) in [6, 6.07) is 14.4. The third-order valence-corrected chi connectivity index (χ3v) is 8.30. The number of amides is 3. The predicted octanol–water partition coefficient (Wildman–Crippen LogP) is 4.72. The lowest BCUT2D eigenvalue weighted by atomic mass is 9.82. The molecule has 2 atom stereocenters. The minimum atomic E-state index is -0.859. The molecule has 0 spiro atoms. The van der Waals surface area contributed by atoms with Crippen LogP contribution in [0.1, 0.15) is 42.7 Å². The number of piperidine rings is 1. The first-order valence-corrected chi connectivity index (χ1v) is 13.7. The Kier molecular flexibility index (Phi) is 7.88. The number of carbonyl (C=O) groups is 3. The van der Waals surface area contributed by atoms with Crippen molar-refractivity contribution >= 4 is 29.5 Å². The van der Waals surface area contributed by atoms with Gasteiger partial charge in [-0.15, -0.1) is 0 Å². The SMILES string of the molecule is Cc1ccc(OC(=O)N[C@@H]2CN(C(=O)C3CCN(C(=O)C4CC(F)C4)CC3)CC2c2ccc(Cl)cc2)cc1. The number of hydrogen-bond donors (Lipinski definition) is 1. The first-order valence-electron chi connectivity index (χ1n) is 13.3. The van der Waals surface area contributed by atoms with Crippen LogP contribution in [0.4, 0.5) is 9.18 Å². The predicted molar refractivity (Wildman–Crippen MR) is 142 cm³/mol. The maximum atomic E-state index is 13.5. The number of alkyl halides is 1. The van der Waals surface area contributed by atoms with E-state index in [1.165, 1.54) is 0 Å². The van der Waals surface area contributed by atoms with E-state index in [0.29, 0.717) is 62.6 Å². The number of hydrogen-bond acceptors (Lipinski definition) is 4. The molecule has 2 heterocycles. The molecule has 2 aromatic rings. The van der Waals surface area contributed by atoms with Crippen molar-refractivity contribution in [3.63, 3.8) is 0 Å². The molecule has 1 unspecified atom stereocenters. The van der Waals surface area contributed by atoms with Crippen LogP contribution in [0.15, 0.2) is 48.5 Å². The number of halogens is 2. The van der Waals surface area contributed by atoms with E-state index in [0.717, 1.165) is 11.1 Å². The Balaban J connectivity index is 1.22. The molecule has 2 aliphatic heterocycles.